The van der Waals surface area contributed by atoms with Gasteiger partial charge in [0.05, 0.1) is 0 Å². The molecule has 0 fully saturated rings. The molecule has 0 atom stereocenters. The smallest absolute Gasteiger partial charge is 0.0465 e. The monoisotopic (exact) mass is 679 g/mol. The van der Waals surface area contributed by atoms with E-state index < -0.39 is 0 Å². The predicted molar refractivity (Wildman–Crippen MR) is 225 cm³/mol. The molecule has 0 amide bonds. The summed E-state index contributed by atoms with van der Waals surface area (Å²) in [7, 11) is 0. The average molecular weight is 680 g/mol. The number of fused-ring (bicyclic) bond motifs is 3. The Bertz CT molecular complexity index is 2530. The van der Waals surface area contributed by atoms with E-state index in [1.807, 2.05) is 0 Å². The van der Waals surface area contributed by atoms with Crippen molar-refractivity contribution < 1.29 is 0 Å². The Kier molecular flexibility index (Phi) is 8.13. The second kappa shape index (κ2) is 13.3. The van der Waals surface area contributed by atoms with Gasteiger partial charge in [-0.05, 0) is 116 Å². The SMILES string of the molecule is Cc1ccc(N(c2ccc(-c3ccccc3)cc2)c2ccc3c(c2)C(C)(C)c2cc(-c4ccc(-c5ccc(-c6ccccc6)cc5)cc4)ccc2-3)cc1. The summed E-state index contributed by atoms with van der Waals surface area (Å²) in [6.07, 6.45) is 0. The highest BCUT2D eigenvalue weighted by Gasteiger charge is 2.36. The number of aryl methyl sites for hydroxylation is 1. The van der Waals surface area contributed by atoms with Gasteiger partial charge in [-0.15, -0.1) is 0 Å². The lowest BCUT2D eigenvalue weighted by Crippen LogP contribution is -2.16. The van der Waals surface area contributed by atoms with Gasteiger partial charge in [0.15, 0.2) is 0 Å². The lowest BCUT2D eigenvalue weighted by molar-refractivity contribution is 0.660. The average Bonchev–Trinajstić information content (AvgIpc) is 3.44. The van der Waals surface area contributed by atoms with Crippen LogP contribution in [-0.4, -0.2) is 0 Å². The third-order valence-electron chi connectivity index (χ3n) is 11.0. The summed E-state index contributed by atoms with van der Waals surface area (Å²) in [4.78, 5) is 2.38. The molecule has 0 radical (unpaired) electrons. The second-order valence-corrected chi connectivity index (χ2v) is 14.7. The molecule has 0 N–H and O–H groups in total. The van der Waals surface area contributed by atoms with Gasteiger partial charge in [-0.3, -0.25) is 0 Å². The number of nitrogens with zero attached hydrogens (tertiary/aromatic N) is 1. The zero-order chi connectivity index (χ0) is 35.9. The van der Waals surface area contributed by atoms with Crippen molar-refractivity contribution in [2.45, 2.75) is 26.2 Å². The zero-order valence-corrected chi connectivity index (χ0v) is 30.4. The topological polar surface area (TPSA) is 3.24 Å². The minimum absolute atomic E-state index is 0.159. The Balaban J connectivity index is 1.02. The van der Waals surface area contributed by atoms with Crippen LogP contribution in [0, 0.1) is 6.92 Å². The molecule has 1 heteroatoms. The lowest BCUT2D eigenvalue weighted by Gasteiger charge is -2.28. The Labute approximate surface area is 313 Å². The van der Waals surface area contributed by atoms with Crippen LogP contribution in [0.5, 0.6) is 0 Å². The van der Waals surface area contributed by atoms with Crippen LogP contribution in [-0.2, 0) is 5.41 Å². The van der Waals surface area contributed by atoms with Crippen molar-refractivity contribution in [1.29, 1.82) is 0 Å². The quantitative estimate of drug-likeness (QED) is 0.162. The van der Waals surface area contributed by atoms with Crippen LogP contribution >= 0.6 is 0 Å². The Morgan fingerprint density at radius 3 is 1.15 bits per heavy atom. The van der Waals surface area contributed by atoms with Gasteiger partial charge in [0.25, 0.3) is 0 Å². The van der Waals surface area contributed by atoms with E-state index >= 15 is 0 Å². The highest BCUT2D eigenvalue weighted by molar-refractivity contribution is 5.88. The molecule has 53 heavy (non-hydrogen) atoms. The molecule has 0 spiro atoms. The molecule has 254 valence electrons. The molecule has 0 bridgehead atoms. The molecular formula is C52H41N. The van der Waals surface area contributed by atoms with Gasteiger partial charge in [-0.1, -0.05) is 171 Å². The molecule has 1 aliphatic rings. The number of hydrogen-bond donors (Lipinski definition) is 0. The fourth-order valence-corrected chi connectivity index (χ4v) is 7.96. The Hall–Kier alpha value is -6.44. The molecule has 0 aliphatic heterocycles. The van der Waals surface area contributed by atoms with Gasteiger partial charge in [-0.25, -0.2) is 0 Å². The summed E-state index contributed by atoms with van der Waals surface area (Å²) < 4.78 is 0. The van der Waals surface area contributed by atoms with E-state index in [0.29, 0.717) is 0 Å². The van der Waals surface area contributed by atoms with Crippen molar-refractivity contribution >= 4 is 17.1 Å². The molecule has 0 saturated carbocycles. The van der Waals surface area contributed by atoms with E-state index in [0.717, 1.165) is 17.1 Å². The van der Waals surface area contributed by atoms with Gasteiger partial charge < -0.3 is 4.90 Å². The van der Waals surface area contributed by atoms with Crippen molar-refractivity contribution in [3.8, 4) is 55.6 Å². The lowest BCUT2D eigenvalue weighted by atomic mass is 9.81. The zero-order valence-electron chi connectivity index (χ0n) is 30.4. The predicted octanol–water partition coefficient (Wildman–Crippen LogP) is 14.4. The van der Waals surface area contributed by atoms with Gasteiger partial charge in [0.2, 0.25) is 0 Å². The maximum absolute atomic E-state index is 2.42. The molecule has 9 rings (SSSR count). The first-order valence-electron chi connectivity index (χ1n) is 18.5. The maximum atomic E-state index is 2.42. The van der Waals surface area contributed by atoms with Crippen LogP contribution in [0.3, 0.4) is 0 Å². The first kappa shape index (κ1) is 32.5. The first-order valence-corrected chi connectivity index (χ1v) is 18.5. The van der Waals surface area contributed by atoms with Crippen molar-refractivity contribution in [3.63, 3.8) is 0 Å². The molecule has 8 aromatic carbocycles. The third kappa shape index (κ3) is 6.05. The molecule has 0 heterocycles. The van der Waals surface area contributed by atoms with Crippen LogP contribution in [0.15, 0.2) is 194 Å². The van der Waals surface area contributed by atoms with E-state index in [2.05, 4.69) is 220 Å². The summed E-state index contributed by atoms with van der Waals surface area (Å²) in [6.45, 7) is 6.89. The van der Waals surface area contributed by atoms with Crippen LogP contribution in [0.1, 0.15) is 30.5 Å². The minimum Gasteiger partial charge on any atom is -0.310 e. The fourth-order valence-electron chi connectivity index (χ4n) is 7.96. The highest BCUT2D eigenvalue weighted by atomic mass is 15.1. The molecule has 0 unspecified atom stereocenters. The molecule has 0 saturated heterocycles. The van der Waals surface area contributed by atoms with E-state index in [4.69, 9.17) is 0 Å². The molecule has 0 aromatic heterocycles. The van der Waals surface area contributed by atoms with Crippen molar-refractivity contribution in [2.24, 2.45) is 0 Å². The van der Waals surface area contributed by atoms with Crippen LogP contribution < -0.4 is 4.90 Å². The number of hydrogen-bond acceptors (Lipinski definition) is 1. The normalized spacial score (nSPS) is 12.6. The van der Waals surface area contributed by atoms with Crippen molar-refractivity contribution in [3.05, 3.63) is 211 Å². The van der Waals surface area contributed by atoms with Crippen LogP contribution in [0.2, 0.25) is 0 Å². The van der Waals surface area contributed by atoms with Crippen molar-refractivity contribution in [1.82, 2.24) is 0 Å². The minimum atomic E-state index is -0.159. The van der Waals surface area contributed by atoms with E-state index in [9.17, 15) is 0 Å². The Morgan fingerprint density at radius 1 is 0.321 bits per heavy atom. The van der Waals surface area contributed by atoms with E-state index in [1.54, 1.807) is 0 Å². The van der Waals surface area contributed by atoms with Gasteiger partial charge >= 0.3 is 0 Å². The van der Waals surface area contributed by atoms with Crippen LogP contribution in [0.25, 0.3) is 55.6 Å². The molecular weight excluding hydrogens is 639 g/mol. The standard InChI is InChI=1S/C52H41N/c1-36-14-27-45(28-15-36)53(46-29-24-42(25-30-46)38-12-8-5-9-13-38)47-31-33-49-48-32-26-44(34-50(48)52(2,3)51(49)35-47)43-22-20-41(21-23-43)40-18-16-39(17-19-40)37-10-6-4-7-11-37/h4-35H,1-3H3. The van der Waals surface area contributed by atoms with Crippen molar-refractivity contribution in [2.75, 3.05) is 4.90 Å². The summed E-state index contributed by atoms with van der Waals surface area (Å²) in [5, 5.41) is 0. The summed E-state index contributed by atoms with van der Waals surface area (Å²) in [5.41, 5.74) is 19.8. The molecule has 1 nitrogen and oxygen atoms in total. The maximum Gasteiger partial charge on any atom is 0.0465 e. The van der Waals surface area contributed by atoms with E-state index in [1.165, 1.54) is 72.3 Å². The number of anilines is 3. The number of benzene rings is 8. The molecule has 8 aromatic rings. The first-order chi connectivity index (χ1) is 25.9. The fraction of sp³-hybridized carbons (Fsp3) is 0.0769. The van der Waals surface area contributed by atoms with Gasteiger partial charge in [0.1, 0.15) is 0 Å². The van der Waals surface area contributed by atoms with Gasteiger partial charge in [0, 0.05) is 22.5 Å². The van der Waals surface area contributed by atoms with E-state index in [-0.39, 0.29) is 5.41 Å². The summed E-state index contributed by atoms with van der Waals surface area (Å²) >= 11 is 0. The van der Waals surface area contributed by atoms with Crippen LogP contribution in [0.4, 0.5) is 17.1 Å². The van der Waals surface area contributed by atoms with Gasteiger partial charge in [-0.2, -0.15) is 0 Å². The molecule has 1 aliphatic carbocycles. The summed E-state index contributed by atoms with van der Waals surface area (Å²) in [6, 6.07) is 70.9. The highest BCUT2D eigenvalue weighted by Crippen LogP contribution is 2.51. The summed E-state index contributed by atoms with van der Waals surface area (Å²) in [5.74, 6) is 0. The number of rotatable bonds is 7. The largest absolute Gasteiger partial charge is 0.310 e. The second-order valence-electron chi connectivity index (χ2n) is 14.7. The Morgan fingerprint density at radius 2 is 0.660 bits per heavy atom. The third-order valence-corrected chi connectivity index (χ3v) is 11.0.